The molecule has 0 radical (unpaired) electrons. The molecule has 1 atom stereocenters. The molecular weight excluding hydrogens is 350 g/mol. The van der Waals surface area contributed by atoms with Gasteiger partial charge in [0.2, 0.25) is 0 Å². The minimum absolute atomic E-state index is 0.135. The first kappa shape index (κ1) is 17.1. The maximum atomic E-state index is 12.5. The molecule has 3 aromatic rings. The average molecular weight is 371 g/mol. The Morgan fingerprint density at radius 2 is 2.42 bits per heavy atom. The van der Waals surface area contributed by atoms with Crippen LogP contribution in [0.4, 0.5) is 5.13 Å². The highest BCUT2D eigenvalue weighted by Gasteiger charge is 2.27. The second kappa shape index (κ2) is 7.14. The molecule has 0 aromatic carbocycles. The monoisotopic (exact) mass is 371 g/mol. The zero-order chi connectivity index (χ0) is 18.1. The van der Waals surface area contributed by atoms with E-state index in [0.717, 1.165) is 40.3 Å². The van der Waals surface area contributed by atoms with Crippen molar-refractivity contribution in [2.75, 3.05) is 31.6 Å². The van der Waals surface area contributed by atoms with Crippen molar-refractivity contribution in [2.24, 2.45) is 0 Å². The molecule has 1 saturated heterocycles. The highest BCUT2D eigenvalue weighted by Crippen LogP contribution is 2.34. The maximum Gasteiger partial charge on any atom is 0.256 e. The lowest BCUT2D eigenvalue weighted by Crippen LogP contribution is -2.47. The van der Waals surface area contributed by atoms with Gasteiger partial charge in [-0.15, -0.1) is 11.3 Å². The number of nitrogens with one attached hydrogen (secondary N) is 2. The third-order valence-electron chi connectivity index (χ3n) is 4.62. The number of aromatic amines is 1. The minimum atomic E-state index is -0.450. The number of anilines is 1. The molecule has 1 aliphatic heterocycles. The molecule has 8 heteroatoms. The summed E-state index contributed by atoms with van der Waals surface area (Å²) in [6, 6.07) is 3.92. The van der Waals surface area contributed by atoms with E-state index in [1.165, 1.54) is 11.3 Å². The largest absolute Gasteiger partial charge is 0.366 e. The second-order valence-electron chi connectivity index (χ2n) is 6.27. The summed E-state index contributed by atoms with van der Waals surface area (Å²) >= 11 is 1.47. The SMILES string of the molecule is CCN1CCOC(C(=O)Nc2nc(-c3c[nH]c4ncccc34)c(C)s2)C1. The number of likely N-dealkylation sites (N-methyl/N-ethyl adjacent to an activating group) is 1. The van der Waals surface area contributed by atoms with Gasteiger partial charge in [0.25, 0.3) is 5.91 Å². The predicted molar refractivity (Wildman–Crippen MR) is 102 cm³/mol. The number of H-pyrrole nitrogens is 1. The first-order valence-electron chi connectivity index (χ1n) is 8.70. The Morgan fingerprint density at radius 3 is 3.27 bits per heavy atom. The van der Waals surface area contributed by atoms with Crippen LogP contribution >= 0.6 is 11.3 Å². The Kier molecular flexibility index (Phi) is 4.71. The van der Waals surface area contributed by atoms with E-state index in [9.17, 15) is 4.79 Å². The summed E-state index contributed by atoms with van der Waals surface area (Å²) in [6.07, 6.45) is 3.22. The lowest BCUT2D eigenvalue weighted by Gasteiger charge is -2.30. The van der Waals surface area contributed by atoms with Gasteiger partial charge in [0, 0.05) is 41.3 Å². The van der Waals surface area contributed by atoms with Gasteiger partial charge in [-0.25, -0.2) is 9.97 Å². The molecule has 0 spiro atoms. The molecule has 1 fully saturated rings. The van der Waals surface area contributed by atoms with Crippen LogP contribution in [0.15, 0.2) is 24.5 Å². The van der Waals surface area contributed by atoms with E-state index in [0.29, 0.717) is 18.3 Å². The molecule has 0 bridgehead atoms. The summed E-state index contributed by atoms with van der Waals surface area (Å²) < 4.78 is 5.62. The van der Waals surface area contributed by atoms with Crippen molar-refractivity contribution in [2.45, 2.75) is 20.0 Å². The van der Waals surface area contributed by atoms with E-state index in [4.69, 9.17) is 4.74 Å². The molecule has 1 amide bonds. The molecule has 26 heavy (non-hydrogen) atoms. The van der Waals surface area contributed by atoms with Crippen LogP contribution in [-0.4, -0.2) is 58.1 Å². The topological polar surface area (TPSA) is 83.1 Å². The van der Waals surface area contributed by atoms with Crippen molar-refractivity contribution in [1.29, 1.82) is 0 Å². The smallest absolute Gasteiger partial charge is 0.256 e. The molecular formula is C18H21N5O2S. The van der Waals surface area contributed by atoms with E-state index in [-0.39, 0.29) is 5.91 Å². The number of morpholine rings is 1. The fourth-order valence-electron chi connectivity index (χ4n) is 3.19. The molecule has 4 rings (SSSR count). The van der Waals surface area contributed by atoms with Crippen molar-refractivity contribution < 1.29 is 9.53 Å². The number of carbonyl (C=O) groups is 1. The standard InChI is InChI=1S/C18H21N5O2S/c1-3-23-7-8-25-14(10-23)17(24)22-18-21-15(11(2)26-18)13-9-20-16-12(13)5-4-6-19-16/h4-6,9,14H,3,7-8,10H2,1-2H3,(H,19,20)(H,21,22,24). The van der Waals surface area contributed by atoms with Crippen LogP contribution in [0.1, 0.15) is 11.8 Å². The number of rotatable bonds is 4. The summed E-state index contributed by atoms with van der Waals surface area (Å²) in [5, 5.41) is 4.54. The predicted octanol–water partition coefficient (Wildman–Crippen LogP) is 2.65. The van der Waals surface area contributed by atoms with Gasteiger partial charge in [-0.1, -0.05) is 6.92 Å². The molecule has 7 nitrogen and oxygen atoms in total. The first-order valence-corrected chi connectivity index (χ1v) is 9.52. The summed E-state index contributed by atoms with van der Waals surface area (Å²) in [4.78, 5) is 27.9. The number of fused-ring (bicyclic) bond motifs is 1. The Balaban J connectivity index is 1.54. The van der Waals surface area contributed by atoms with Gasteiger partial charge >= 0.3 is 0 Å². The van der Waals surface area contributed by atoms with Crippen molar-refractivity contribution >= 4 is 33.4 Å². The van der Waals surface area contributed by atoms with Crippen molar-refractivity contribution in [3.63, 3.8) is 0 Å². The third-order valence-corrected chi connectivity index (χ3v) is 5.51. The molecule has 1 unspecified atom stereocenters. The quantitative estimate of drug-likeness (QED) is 0.737. The summed E-state index contributed by atoms with van der Waals surface area (Å²) in [5.74, 6) is -0.135. The number of hydrogen-bond acceptors (Lipinski definition) is 6. The normalized spacial score (nSPS) is 18.3. The number of aromatic nitrogens is 3. The van der Waals surface area contributed by atoms with Gasteiger partial charge in [-0.2, -0.15) is 0 Å². The molecule has 1 aliphatic rings. The number of aryl methyl sites for hydroxylation is 1. The van der Waals surface area contributed by atoms with Gasteiger partial charge in [0.05, 0.1) is 12.3 Å². The van der Waals surface area contributed by atoms with E-state index >= 15 is 0 Å². The average Bonchev–Trinajstić information content (AvgIpc) is 3.24. The number of pyridine rings is 1. The van der Waals surface area contributed by atoms with Gasteiger partial charge in [0.15, 0.2) is 5.13 Å². The van der Waals surface area contributed by atoms with Crippen molar-refractivity contribution in [1.82, 2.24) is 19.9 Å². The van der Waals surface area contributed by atoms with Gasteiger partial charge in [-0.05, 0) is 25.6 Å². The summed E-state index contributed by atoms with van der Waals surface area (Å²) in [7, 11) is 0. The first-order chi connectivity index (χ1) is 12.7. The van der Waals surface area contributed by atoms with Crippen molar-refractivity contribution in [3.8, 4) is 11.3 Å². The van der Waals surface area contributed by atoms with Crippen LogP contribution in [0.25, 0.3) is 22.3 Å². The van der Waals surface area contributed by atoms with E-state index < -0.39 is 6.10 Å². The number of amides is 1. The Bertz CT molecular complexity index is 935. The lowest BCUT2D eigenvalue weighted by atomic mass is 10.1. The van der Waals surface area contributed by atoms with Gasteiger partial charge < -0.3 is 9.72 Å². The van der Waals surface area contributed by atoms with Crippen LogP contribution in [0.3, 0.4) is 0 Å². The Morgan fingerprint density at radius 1 is 1.54 bits per heavy atom. The van der Waals surface area contributed by atoms with Gasteiger partial charge in [0.1, 0.15) is 11.8 Å². The summed E-state index contributed by atoms with van der Waals surface area (Å²) in [6.45, 7) is 7.09. The lowest BCUT2D eigenvalue weighted by molar-refractivity contribution is -0.132. The second-order valence-corrected chi connectivity index (χ2v) is 7.47. The molecule has 2 N–H and O–H groups in total. The molecule has 4 heterocycles. The zero-order valence-electron chi connectivity index (χ0n) is 14.8. The highest BCUT2D eigenvalue weighted by atomic mass is 32.1. The van der Waals surface area contributed by atoms with Crippen LogP contribution in [0.5, 0.6) is 0 Å². The van der Waals surface area contributed by atoms with Crippen molar-refractivity contribution in [3.05, 3.63) is 29.4 Å². The molecule has 3 aromatic heterocycles. The van der Waals surface area contributed by atoms with E-state index in [1.54, 1.807) is 6.20 Å². The number of hydrogen-bond donors (Lipinski definition) is 2. The minimum Gasteiger partial charge on any atom is -0.366 e. The van der Waals surface area contributed by atoms with Crippen LogP contribution in [0, 0.1) is 6.92 Å². The van der Waals surface area contributed by atoms with Crippen LogP contribution in [-0.2, 0) is 9.53 Å². The summed E-state index contributed by atoms with van der Waals surface area (Å²) in [5.41, 5.74) is 2.69. The van der Waals surface area contributed by atoms with Crippen LogP contribution < -0.4 is 5.32 Å². The maximum absolute atomic E-state index is 12.5. The molecule has 0 saturated carbocycles. The third kappa shape index (κ3) is 3.23. The fraction of sp³-hybridized carbons (Fsp3) is 0.389. The molecule has 0 aliphatic carbocycles. The number of ether oxygens (including phenoxy) is 1. The zero-order valence-corrected chi connectivity index (χ0v) is 15.6. The number of carbonyl (C=O) groups excluding carboxylic acids is 1. The van der Waals surface area contributed by atoms with Gasteiger partial charge in [-0.3, -0.25) is 15.0 Å². The van der Waals surface area contributed by atoms with Crippen LogP contribution in [0.2, 0.25) is 0 Å². The molecule has 136 valence electrons. The number of nitrogens with zero attached hydrogens (tertiary/aromatic N) is 3. The Hall–Kier alpha value is -2.29. The fourth-order valence-corrected chi connectivity index (χ4v) is 4.02. The Labute approximate surface area is 155 Å². The van der Waals surface area contributed by atoms with E-state index in [2.05, 4.69) is 32.1 Å². The highest BCUT2D eigenvalue weighted by molar-refractivity contribution is 7.16. The van der Waals surface area contributed by atoms with E-state index in [1.807, 2.05) is 25.3 Å². The number of thiazole rings is 1.